The van der Waals surface area contributed by atoms with Crippen molar-refractivity contribution in [2.75, 3.05) is 17.7 Å². The molecule has 0 fully saturated rings. The minimum atomic E-state index is -0.202. The zero-order valence-corrected chi connectivity index (χ0v) is 15.0. The van der Waals surface area contributed by atoms with Gasteiger partial charge in [0.1, 0.15) is 5.75 Å². The molecule has 26 heavy (non-hydrogen) atoms. The lowest BCUT2D eigenvalue weighted by Gasteiger charge is -2.13. The molecule has 0 aliphatic carbocycles. The van der Waals surface area contributed by atoms with Crippen LogP contribution >= 0.6 is 0 Å². The summed E-state index contributed by atoms with van der Waals surface area (Å²) in [5.74, 6) is 0.525. The van der Waals surface area contributed by atoms with Crippen molar-refractivity contribution in [1.29, 1.82) is 0 Å². The third-order valence-corrected chi connectivity index (χ3v) is 4.03. The first-order valence-electron chi connectivity index (χ1n) is 8.30. The van der Waals surface area contributed by atoms with E-state index in [0.717, 1.165) is 28.3 Å². The maximum absolute atomic E-state index is 12.5. The Morgan fingerprint density at radius 1 is 1.00 bits per heavy atom. The van der Waals surface area contributed by atoms with Gasteiger partial charge in [0.25, 0.3) is 5.91 Å². The smallest absolute Gasteiger partial charge is 0.257 e. The molecule has 1 amide bonds. The van der Waals surface area contributed by atoms with Gasteiger partial charge in [0, 0.05) is 11.9 Å². The molecule has 2 N–H and O–H groups in total. The molecule has 0 unspecified atom stereocenters. The number of ether oxygens (including phenoxy) is 1. The van der Waals surface area contributed by atoms with Crippen molar-refractivity contribution < 1.29 is 9.53 Å². The first-order chi connectivity index (χ1) is 12.6. The number of hydrogen-bond acceptors (Lipinski definition) is 4. The fraction of sp³-hybridized carbons (Fsp3) is 0.143. The van der Waals surface area contributed by atoms with Crippen LogP contribution in [0.5, 0.6) is 5.75 Å². The summed E-state index contributed by atoms with van der Waals surface area (Å²) in [6.07, 6.45) is 3.22. The zero-order chi connectivity index (χ0) is 18.5. The molecule has 132 valence electrons. The molecule has 0 aliphatic heterocycles. The highest BCUT2D eigenvalue weighted by Crippen LogP contribution is 2.28. The van der Waals surface area contributed by atoms with Crippen LogP contribution in [0.2, 0.25) is 0 Å². The maximum atomic E-state index is 12.5. The van der Waals surface area contributed by atoms with Crippen LogP contribution in [0.15, 0.2) is 60.9 Å². The lowest BCUT2D eigenvalue weighted by Crippen LogP contribution is -2.13. The summed E-state index contributed by atoms with van der Waals surface area (Å²) in [5, 5.41) is 6.19. The summed E-state index contributed by atoms with van der Waals surface area (Å²) < 4.78 is 5.38. The Balaban J connectivity index is 1.81. The Morgan fingerprint density at radius 2 is 1.81 bits per heavy atom. The van der Waals surface area contributed by atoms with Crippen molar-refractivity contribution in [1.82, 2.24) is 4.98 Å². The topological polar surface area (TPSA) is 63.2 Å². The summed E-state index contributed by atoms with van der Waals surface area (Å²) in [6, 6.07) is 15.3. The molecule has 5 heteroatoms. The number of nitrogens with zero attached hydrogens (tertiary/aromatic N) is 1. The molecule has 5 nitrogen and oxygen atoms in total. The van der Waals surface area contributed by atoms with E-state index < -0.39 is 0 Å². The van der Waals surface area contributed by atoms with Gasteiger partial charge < -0.3 is 15.4 Å². The molecule has 0 saturated carbocycles. The van der Waals surface area contributed by atoms with Gasteiger partial charge in [-0.25, -0.2) is 0 Å². The van der Waals surface area contributed by atoms with E-state index in [0.29, 0.717) is 11.3 Å². The number of hydrogen-bond donors (Lipinski definition) is 2. The van der Waals surface area contributed by atoms with Crippen LogP contribution in [0.25, 0.3) is 0 Å². The second-order valence-electron chi connectivity index (χ2n) is 6.06. The number of benzene rings is 2. The van der Waals surface area contributed by atoms with E-state index in [2.05, 4.69) is 15.6 Å². The maximum Gasteiger partial charge on any atom is 0.257 e. The highest BCUT2D eigenvalue weighted by Gasteiger charge is 2.10. The quantitative estimate of drug-likeness (QED) is 0.702. The van der Waals surface area contributed by atoms with Crippen LogP contribution in [-0.4, -0.2) is 18.0 Å². The molecule has 0 aliphatic rings. The van der Waals surface area contributed by atoms with Crippen LogP contribution in [0.1, 0.15) is 21.5 Å². The minimum Gasteiger partial charge on any atom is -0.495 e. The van der Waals surface area contributed by atoms with Crippen LogP contribution in [0.4, 0.5) is 17.1 Å². The fourth-order valence-electron chi connectivity index (χ4n) is 2.62. The van der Waals surface area contributed by atoms with Crippen molar-refractivity contribution in [3.8, 4) is 5.75 Å². The van der Waals surface area contributed by atoms with Crippen molar-refractivity contribution >= 4 is 23.0 Å². The van der Waals surface area contributed by atoms with Crippen molar-refractivity contribution in [2.24, 2.45) is 0 Å². The second kappa shape index (κ2) is 7.70. The molecule has 2 aromatic carbocycles. The molecule has 0 atom stereocenters. The van der Waals surface area contributed by atoms with Crippen LogP contribution < -0.4 is 15.4 Å². The Morgan fingerprint density at radius 3 is 2.58 bits per heavy atom. The number of anilines is 3. The predicted molar refractivity (Wildman–Crippen MR) is 104 cm³/mol. The van der Waals surface area contributed by atoms with Crippen molar-refractivity contribution in [3.63, 3.8) is 0 Å². The van der Waals surface area contributed by atoms with Crippen LogP contribution in [0.3, 0.4) is 0 Å². The number of para-hydroxylation sites is 1. The van der Waals surface area contributed by atoms with E-state index in [1.54, 1.807) is 25.6 Å². The van der Waals surface area contributed by atoms with Gasteiger partial charge in [-0.2, -0.15) is 0 Å². The standard InChI is InChI=1S/C21H21N3O2/c1-14-8-9-20(26-3)19(10-14)23-17-11-16(12-22-13-17)21(25)24-18-7-5-4-6-15(18)2/h4-13,23H,1-3H3,(H,24,25). The number of pyridine rings is 1. The number of aryl methyl sites for hydroxylation is 2. The minimum absolute atomic E-state index is 0.202. The number of carbonyl (C=O) groups is 1. The summed E-state index contributed by atoms with van der Waals surface area (Å²) in [4.78, 5) is 16.7. The summed E-state index contributed by atoms with van der Waals surface area (Å²) in [5.41, 5.74) is 4.92. The normalized spacial score (nSPS) is 10.3. The number of rotatable bonds is 5. The molecule has 3 aromatic rings. The van der Waals surface area contributed by atoms with E-state index >= 15 is 0 Å². The fourth-order valence-corrected chi connectivity index (χ4v) is 2.62. The van der Waals surface area contributed by atoms with Crippen molar-refractivity contribution in [3.05, 3.63) is 77.6 Å². The van der Waals surface area contributed by atoms with E-state index in [9.17, 15) is 4.79 Å². The summed E-state index contributed by atoms with van der Waals surface area (Å²) in [7, 11) is 1.63. The largest absolute Gasteiger partial charge is 0.495 e. The number of aromatic nitrogens is 1. The van der Waals surface area contributed by atoms with Gasteiger partial charge in [0.05, 0.1) is 30.2 Å². The molecule has 0 bridgehead atoms. The lowest BCUT2D eigenvalue weighted by molar-refractivity contribution is 0.102. The molecular formula is C21H21N3O2. The van der Waals surface area contributed by atoms with Gasteiger partial charge in [-0.1, -0.05) is 24.3 Å². The van der Waals surface area contributed by atoms with Gasteiger partial charge in [0.2, 0.25) is 0 Å². The Bertz CT molecular complexity index is 938. The van der Waals surface area contributed by atoms with Gasteiger partial charge >= 0.3 is 0 Å². The molecule has 0 saturated heterocycles. The van der Waals surface area contributed by atoms with Gasteiger partial charge in [0.15, 0.2) is 0 Å². The Labute approximate surface area is 153 Å². The van der Waals surface area contributed by atoms with E-state index in [1.807, 2.05) is 56.3 Å². The highest BCUT2D eigenvalue weighted by atomic mass is 16.5. The third kappa shape index (κ3) is 4.00. The second-order valence-corrected chi connectivity index (χ2v) is 6.06. The van der Waals surface area contributed by atoms with Crippen molar-refractivity contribution in [2.45, 2.75) is 13.8 Å². The van der Waals surface area contributed by atoms with Gasteiger partial charge in [-0.3, -0.25) is 9.78 Å². The molecule has 0 spiro atoms. The SMILES string of the molecule is COc1ccc(C)cc1Nc1cncc(C(=O)Nc2ccccc2C)c1. The van der Waals surface area contributed by atoms with Crippen LogP contribution in [0, 0.1) is 13.8 Å². The Kier molecular flexibility index (Phi) is 5.17. The molecule has 1 heterocycles. The monoisotopic (exact) mass is 347 g/mol. The van der Waals surface area contributed by atoms with E-state index in [1.165, 1.54) is 0 Å². The first kappa shape index (κ1) is 17.5. The first-order valence-corrected chi connectivity index (χ1v) is 8.30. The average molecular weight is 347 g/mol. The summed E-state index contributed by atoms with van der Waals surface area (Å²) >= 11 is 0. The predicted octanol–water partition coefficient (Wildman–Crippen LogP) is 4.70. The number of carbonyl (C=O) groups excluding carboxylic acids is 1. The van der Waals surface area contributed by atoms with Gasteiger partial charge in [-0.15, -0.1) is 0 Å². The number of amides is 1. The van der Waals surface area contributed by atoms with Gasteiger partial charge in [-0.05, 0) is 49.2 Å². The van der Waals surface area contributed by atoms with E-state index in [-0.39, 0.29) is 5.91 Å². The lowest BCUT2D eigenvalue weighted by atomic mass is 10.1. The molecule has 0 radical (unpaired) electrons. The molecular weight excluding hydrogens is 326 g/mol. The van der Waals surface area contributed by atoms with Crippen LogP contribution in [-0.2, 0) is 0 Å². The Hall–Kier alpha value is -3.34. The molecule has 1 aromatic heterocycles. The number of nitrogens with one attached hydrogen (secondary N) is 2. The third-order valence-electron chi connectivity index (χ3n) is 4.03. The van der Waals surface area contributed by atoms with E-state index in [4.69, 9.17) is 4.74 Å². The zero-order valence-electron chi connectivity index (χ0n) is 15.0. The average Bonchev–Trinajstić information content (AvgIpc) is 2.64. The highest BCUT2D eigenvalue weighted by molar-refractivity contribution is 6.05. The molecule has 3 rings (SSSR count). The summed E-state index contributed by atoms with van der Waals surface area (Å²) in [6.45, 7) is 3.96. The number of methoxy groups -OCH3 is 1.